The van der Waals surface area contributed by atoms with Crippen molar-refractivity contribution < 1.29 is 27.0 Å². The molecule has 4 aromatic rings. The van der Waals surface area contributed by atoms with Gasteiger partial charge in [-0.25, -0.2) is 0 Å². The maximum atomic E-state index is 9.83. The van der Waals surface area contributed by atoms with E-state index in [9.17, 15) is 10.2 Å². The van der Waals surface area contributed by atoms with Gasteiger partial charge in [0.15, 0.2) is 0 Å². The van der Waals surface area contributed by atoms with Crippen molar-refractivity contribution in [2.45, 2.75) is 0 Å². The summed E-state index contributed by atoms with van der Waals surface area (Å²) in [6, 6.07) is 25.8. The molecule has 0 atom stereocenters. The van der Waals surface area contributed by atoms with Crippen LogP contribution in [0.3, 0.4) is 0 Å². The molecular weight excluding hydrogens is 563 g/mol. The molecule has 0 unspecified atom stereocenters. The Kier molecular flexibility index (Phi) is 13.4. The van der Waals surface area contributed by atoms with Crippen LogP contribution in [-0.4, -0.2) is 72.6 Å². The molecule has 0 saturated heterocycles. The Morgan fingerprint density at radius 3 is 1.24 bits per heavy atom. The summed E-state index contributed by atoms with van der Waals surface area (Å²) in [6.45, 7) is 0. The average molecular weight is 596 g/mol. The summed E-state index contributed by atoms with van der Waals surface area (Å²) in [6.07, 6.45) is 6.32. The molecule has 0 bridgehead atoms. The Bertz CT molecular complexity index is 1330. The van der Waals surface area contributed by atoms with E-state index >= 15 is 0 Å². The van der Waals surface area contributed by atoms with Gasteiger partial charge in [0.1, 0.15) is 0 Å². The zero-order chi connectivity index (χ0) is 28.7. The molecule has 0 spiro atoms. The van der Waals surface area contributed by atoms with Crippen molar-refractivity contribution in [2.24, 2.45) is 20.4 Å². The molecule has 10 nitrogen and oxygen atoms in total. The van der Waals surface area contributed by atoms with Crippen molar-refractivity contribution in [2.75, 3.05) is 38.0 Å². The molecular formula is C30H32CoN8O2. The van der Waals surface area contributed by atoms with Crippen LogP contribution >= 0.6 is 0 Å². The van der Waals surface area contributed by atoms with Crippen molar-refractivity contribution in [3.63, 3.8) is 0 Å². The summed E-state index contributed by atoms with van der Waals surface area (Å²) in [7, 11) is 7.83. The van der Waals surface area contributed by atoms with Crippen molar-refractivity contribution >= 4 is 35.6 Å². The number of aromatic nitrogens is 2. The summed E-state index contributed by atoms with van der Waals surface area (Å²) in [5.41, 5.74) is 4.72. The van der Waals surface area contributed by atoms with Crippen LogP contribution in [0, 0.1) is 0 Å². The van der Waals surface area contributed by atoms with Crippen molar-refractivity contribution in [3.05, 3.63) is 120 Å². The molecule has 0 aliphatic carbocycles. The normalized spacial score (nSPS) is 11.5. The molecule has 0 fully saturated rings. The van der Waals surface area contributed by atoms with Crippen LogP contribution in [0.4, 0.5) is 11.4 Å². The van der Waals surface area contributed by atoms with E-state index in [0.29, 0.717) is 22.5 Å². The third kappa shape index (κ3) is 11.0. The molecule has 0 aliphatic rings. The van der Waals surface area contributed by atoms with E-state index in [1.54, 1.807) is 36.7 Å². The van der Waals surface area contributed by atoms with Gasteiger partial charge < -0.3 is 20.0 Å². The Labute approximate surface area is 250 Å². The summed E-state index contributed by atoms with van der Waals surface area (Å²) in [5, 5.41) is 34.8. The second-order valence-corrected chi connectivity index (χ2v) is 8.73. The number of aliphatic hydroxyl groups is 2. The summed E-state index contributed by atoms with van der Waals surface area (Å²) in [4.78, 5) is 12.1. The van der Waals surface area contributed by atoms with Crippen LogP contribution in [0.25, 0.3) is 0 Å². The smallest absolute Gasteiger partial charge is 0.238 e. The number of hydrogen-bond acceptors (Lipinski definition) is 8. The number of nitrogens with zero attached hydrogens (tertiary/aromatic N) is 8. The SMILES string of the molecule is CN(C)c1ccc(/C(O)=N/N=Cc2ccccn2)cc1.CN(C)c1ccc(/C(O)=N/N=Cc2ccccn2)cc1.[Co]. The van der Waals surface area contributed by atoms with Gasteiger partial charge in [-0.2, -0.15) is 10.2 Å². The fourth-order valence-corrected chi connectivity index (χ4v) is 3.12. The van der Waals surface area contributed by atoms with E-state index in [4.69, 9.17) is 0 Å². The first kappa shape index (κ1) is 32.3. The standard InChI is InChI=1S/2C15H16N4O.Co/c2*1-19(2)14-8-6-12(7-9-14)15(20)18-17-11-13-5-3-4-10-16-13;/h2*3-11H,1-2H3,(H,18,20);. The van der Waals surface area contributed by atoms with E-state index in [1.807, 2.05) is 98.7 Å². The fourth-order valence-electron chi connectivity index (χ4n) is 3.12. The summed E-state index contributed by atoms with van der Waals surface area (Å²) in [5.74, 6) is -0.245. The Morgan fingerprint density at radius 2 is 0.951 bits per heavy atom. The predicted octanol–water partition coefficient (Wildman–Crippen LogP) is 4.97. The zero-order valence-electron chi connectivity index (χ0n) is 23.2. The van der Waals surface area contributed by atoms with Crippen LogP contribution in [0.5, 0.6) is 0 Å². The van der Waals surface area contributed by atoms with Gasteiger partial charge in [0.05, 0.1) is 23.8 Å². The third-order valence-electron chi connectivity index (χ3n) is 5.34. The van der Waals surface area contributed by atoms with Crippen LogP contribution in [0.15, 0.2) is 118 Å². The molecule has 11 heteroatoms. The van der Waals surface area contributed by atoms with Crippen molar-refractivity contribution in [3.8, 4) is 0 Å². The van der Waals surface area contributed by atoms with E-state index < -0.39 is 0 Å². The van der Waals surface area contributed by atoms with Gasteiger partial charge in [0.2, 0.25) is 11.8 Å². The topological polar surface area (TPSA) is 122 Å². The monoisotopic (exact) mass is 595 g/mol. The first-order valence-corrected chi connectivity index (χ1v) is 12.3. The van der Waals surface area contributed by atoms with Crippen LogP contribution < -0.4 is 9.80 Å². The van der Waals surface area contributed by atoms with Crippen molar-refractivity contribution in [1.29, 1.82) is 0 Å². The van der Waals surface area contributed by atoms with Crippen molar-refractivity contribution in [1.82, 2.24) is 9.97 Å². The Morgan fingerprint density at radius 1 is 0.585 bits per heavy atom. The number of anilines is 2. The number of hydrogen-bond donors (Lipinski definition) is 2. The van der Waals surface area contributed by atoms with E-state index in [2.05, 4.69) is 30.4 Å². The Hall–Kier alpha value is -4.87. The quantitative estimate of drug-likeness (QED) is 0.169. The number of aliphatic hydroxyl groups excluding tert-OH is 2. The molecule has 0 amide bonds. The largest absolute Gasteiger partial charge is 0.492 e. The number of pyridine rings is 2. The maximum absolute atomic E-state index is 9.83. The van der Waals surface area contributed by atoms with Crippen LogP contribution in [0.2, 0.25) is 0 Å². The second-order valence-electron chi connectivity index (χ2n) is 8.73. The van der Waals surface area contributed by atoms with E-state index in [0.717, 1.165) is 11.4 Å². The molecule has 2 aromatic carbocycles. The number of benzene rings is 2. The molecule has 1 radical (unpaired) electrons. The third-order valence-corrected chi connectivity index (χ3v) is 5.34. The minimum absolute atomic E-state index is 0. The molecule has 41 heavy (non-hydrogen) atoms. The summed E-state index contributed by atoms with van der Waals surface area (Å²) >= 11 is 0. The number of rotatable bonds is 8. The minimum atomic E-state index is -0.123. The molecule has 4 rings (SSSR count). The minimum Gasteiger partial charge on any atom is -0.492 e. The molecule has 2 N–H and O–H groups in total. The van der Waals surface area contributed by atoms with E-state index in [1.165, 1.54) is 12.4 Å². The van der Waals surface area contributed by atoms with Gasteiger partial charge in [0, 0.05) is 79.9 Å². The van der Waals surface area contributed by atoms with E-state index in [-0.39, 0.29) is 28.6 Å². The summed E-state index contributed by atoms with van der Waals surface area (Å²) < 4.78 is 0. The van der Waals surface area contributed by atoms with Gasteiger partial charge in [0.25, 0.3) is 0 Å². The molecule has 2 aromatic heterocycles. The van der Waals surface area contributed by atoms with Gasteiger partial charge >= 0.3 is 0 Å². The van der Waals surface area contributed by atoms with Gasteiger partial charge in [-0.3, -0.25) is 9.97 Å². The average Bonchev–Trinajstić information content (AvgIpc) is 2.98. The van der Waals surface area contributed by atoms with Gasteiger partial charge in [-0.05, 0) is 72.8 Å². The fraction of sp³-hybridized carbons (Fsp3) is 0.133. The molecule has 213 valence electrons. The zero-order valence-corrected chi connectivity index (χ0v) is 24.2. The van der Waals surface area contributed by atoms with Crippen LogP contribution in [0.1, 0.15) is 22.5 Å². The Balaban J connectivity index is 0.000000280. The van der Waals surface area contributed by atoms with Gasteiger partial charge in [-0.1, -0.05) is 12.1 Å². The molecule has 0 saturated carbocycles. The molecule has 2 heterocycles. The van der Waals surface area contributed by atoms with Gasteiger partial charge in [-0.15, -0.1) is 10.2 Å². The molecule has 0 aliphatic heterocycles. The second kappa shape index (κ2) is 17.0. The maximum Gasteiger partial charge on any atom is 0.238 e. The first-order valence-electron chi connectivity index (χ1n) is 12.3. The first-order chi connectivity index (χ1) is 19.3. The predicted molar refractivity (Wildman–Crippen MR) is 164 cm³/mol. The van der Waals surface area contributed by atoms with Crippen LogP contribution in [-0.2, 0) is 16.8 Å².